The number of rotatable bonds is 6. The maximum absolute atomic E-state index is 11.9. The van der Waals surface area contributed by atoms with E-state index in [0.29, 0.717) is 22.5 Å². The highest BCUT2D eigenvalue weighted by atomic mass is 32.2. The summed E-state index contributed by atoms with van der Waals surface area (Å²) in [5, 5.41) is 12.0. The van der Waals surface area contributed by atoms with E-state index in [9.17, 15) is 8.42 Å². The first-order chi connectivity index (χ1) is 13.7. The Hall–Kier alpha value is -2.65. The van der Waals surface area contributed by atoms with Gasteiger partial charge in [-0.25, -0.2) is 8.42 Å². The van der Waals surface area contributed by atoms with Crippen LogP contribution in [0.1, 0.15) is 13.8 Å². The highest BCUT2D eigenvalue weighted by Gasteiger charge is 2.14. The van der Waals surface area contributed by atoms with E-state index in [1.54, 1.807) is 6.07 Å². The molecular weight excluding hydrogens is 408 g/mol. The normalized spacial score (nSPS) is 11.6. The number of thiocarbonyl (C=S) groups is 1. The van der Waals surface area contributed by atoms with Crippen LogP contribution in [-0.2, 0) is 16.4 Å². The Morgan fingerprint density at radius 1 is 1.21 bits per heavy atom. The van der Waals surface area contributed by atoms with Crippen molar-refractivity contribution < 1.29 is 13.2 Å². The van der Waals surface area contributed by atoms with E-state index in [2.05, 4.69) is 29.6 Å². The highest BCUT2D eigenvalue weighted by Crippen LogP contribution is 2.28. The van der Waals surface area contributed by atoms with E-state index in [4.69, 9.17) is 17.0 Å². The molecule has 2 N–H and O–H groups in total. The quantitative estimate of drug-likeness (QED) is 0.571. The predicted octanol–water partition coefficient (Wildman–Crippen LogP) is 3.91. The van der Waals surface area contributed by atoms with Gasteiger partial charge in [-0.1, -0.05) is 19.9 Å². The zero-order valence-corrected chi connectivity index (χ0v) is 18.4. The lowest BCUT2D eigenvalue weighted by Gasteiger charge is -2.15. The Morgan fingerprint density at radius 3 is 2.59 bits per heavy atom. The van der Waals surface area contributed by atoms with Gasteiger partial charge in [-0.05, 0) is 48.5 Å². The van der Waals surface area contributed by atoms with Crippen LogP contribution in [0.3, 0.4) is 0 Å². The Labute approximate surface area is 176 Å². The number of benzene rings is 2. The third kappa shape index (κ3) is 4.86. The second-order valence-corrected chi connectivity index (χ2v) is 9.60. The number of hydrogen-bond donors (Lipinski definition) is 2. The number of methoxy groups -OCH3 is 1. The Bertz CT molecular complexity index is 1150. The number of nitrogens with one attached hydrogen (secondary N) is 2. The van der Waals surface area contributed by atoms with Gasteiger partial charge in [-0.2, -0.15) is 5.10 Å². The molecule has 0 aliphatic carbocycles. The fourth-order valence-corrected chi connectivity index (χ4v) is 3.86. The molecule has 0 saturated heterocycles. The van der Waals surface area contributed by atoms with Gasteiger partial charge in [0.05, 0.1) is 35.1 Å². The highest BCUT2D eigenvalue weighted by molar-refractivity contribution is 7.90. The lowest BCUT2D eigenvalue weighted by molar-refractivity contribution is 0.416. The van der Waals surface area contributed by atoms with Crippen molar-refractivity contribution in [1.82, 2.24) is 9.78 Å². The van der Waals surface area contributed by atoms with Crippen LogP contribution < -0.4 is 15.4 Å². The van der Waals surface area contributed by atoms with E-state index in [0.717, 1.165) is 29.4 Å². The van der Waals surface area contributed by atoms with Gasteiger partial charge >= 0.3 is 0 Å². The van der Waals surface area contributed by atoms with Crippen LogP contribution in [0.5, 0.6) is 5.75 Å². The maximum Gasteiger partial charge on any atom is 0.175 e. The molecular formula is C20H24N4O3S2. The molecule has 9 heteroatoms. The molecule has 2 aromatic carbocycles. The number of sulfone groups is 1. The van der Waals surface area contributed by atoms with Crippen LogP contribution in [0.2, 0.25) is 0 Å². The number of hydrogen-bond acceptors (Lipinski definition) is 5. The van der Waals surface area contributed by atoms with Gasteiger partial charge in [-0.3, -0.25) is 4.68 Å². The minimum Gasteiger partial charge on any atom is -0.495 e. The monoisotopic (exact) mass is 432 g/mol. The molecule has 0 aliphatic heterocycles. The minimum atomic E-state index is -3.35. The average Bonchev–Trinajstić information content (AvgIpc) is 3.04. The van der Waals surface area contributed by atoms with Crippen LogP contribution in [0.25, 0.3) is 10.9 Å². The summed E-state index contributed by atoms with van der Waals surface area (Å²) in [6, 6.07) is 10.5. The molecule has 0 unspecified atom stereocenters. The van der Waals surface area contributed by atoms with Gasteiger partial charge in [0, 0.05) is 18.2 Å². The van der Waals surface area contributed by atoms with Gasteiger partial charge in [0.1, 0.15) is 5.75 Å². The summed E-state index contributed by atoms with van der Waals surface area (Å²) < 4.78 is 31.0. The fourth-order valence-electron chi connectivity index (χ4n) is 3.00. The Balaban J connectivity index is 1.86. The SMILES string of the molecule is COc1ccc(S(C)(=O)=O)cc1NC(=S)Nc1cccc2c1cnn2CC(C)C. The van der Waals surface area contributed by atoms with Gasteiger partial charge in [0.15, 0.2) is 14.9 Å². The lowest BCUT2D eigenvalue weighted by Crippen LogP contribution is -2.20. The van der Waals surface area contributed by atoms with Crippen molar-refractivity contribution in [1.29, 1.82) is 0 Å². The van der Waals surface area contributed by atoms with Gasteiger partial charge in [0.25, 0.3) is 0 Å². The first kappa shape index (κ1) is 21.1. The average molecular weight is 433 g/mol. The first-order valence-corrected chi connectivity index (χ1v) is 11.4. The number of nitrogens with zero attached hydrogens (tertiary/aromatic N) is 2. The molecule has 0 radical (unpaired) electrons. The summed E-state index contributed by atoms with van der Waals surface area (Å²) in [5.74, 6) is 0.969. The van der Waals surface area contributed by atoms with Crippen molar-refractivity contribution in [3.63, 3.8) is 0 Å². The van der Waals surface area contributed by atoms with Crippen molar-refractivity contribution in [2.45, 2.75) is 25.3 Å². The molecule has 1 aromatic heterocycles. The van der Waals surface area contributed by atoms with Gasteiger partial charge < -0.3 is 15.4 Å². The van der Waals surface area contributed by atoms with Crippen LogP contribution in [0, 0.1) is 5.92 Å². The number of fused-ring (bicyclic) bond motifs is 1. The molecule has 0 bridgehead atoms. The van der Waals surface area contributed by atoms with Crippen molar-refractivity contribution >= 4 is 49.4 Å². The van der Waals surface area contributed by atoms with Crippen LogP contribution in [0.4, 0.5) is 11.4 Å². The minimum absolute atomic E-state index is 0.181. The number of aromatic nitrogens is 2. The summed E-state index contributed by atoms with van der Waals surface area (Å²) in [4.78, 5) is 0.181. The fraction of sp³-hybridized carbons (Fsp3) is 0.300. The molecule has 1 heterocycles. The van der Waals surface area contributed by atoms with E-state index < -0.39 is 9.84 Å². The van der Waals surface area contributed by atoms with Crippen molar-refractivity contribution in [2.24, 2.45) is 5.92 Å². The number of anilines is 2. The largest absolute Gasteiger partial charge is 0.495 e. The molecule has 0 saturated carbocycles. The van der Waals surface area contributed by atoms with E-state index in [1.165, 1.54) is 19.2 Å². The third-order valence-corrected chi connectivity index (χ3v) is 5.64. The van der Waals surface area contributed by atoms with Crippen molar-refractivity contribution in [2.75, 3.05) is 24.0 Å². The summed E-state index contributed by atoms with van der Waals surface area (Å²) in [6.07, 6.45) is 2.97. The standard InChI is InChI=1S/C20H24N4O3S2/c1-13(2)12-24-18-7-5-6-16(15(18)11-21-24)22-20(28)23-17-10-14(29(4,25)26)8-9-19(17)27-3/h5-11,13H,12H2,1-4H3,(H2,22,23,28). The summed E-state index contributed by atoms with van der Waals surface area (Å²) in [5.41, 5.74) is 2.30. The van der Waals surface area contributed by atoms with E-state index in [-0.39, 0.29) is 4.90 Å². The molecule has 0 aliphatic rings. The first-order valence-electron chi connectivity index (χ1n) is 9.09. The Morgan fingerprint density at radius 2 is 1.93 bits per heavy atom. The predicted molar refractivity (Wildman–Crippen MR) is 121 cm³/mol. The third-order valence-electron chi connectivity index (χ3n) is 4.32. The molecule has 7 nitrogen and oxygen atoms in total. The molecule has 0 fully saturated rings. The molecule has 154 valence electrons. The second kappa shape index (κ2) is 8.38. The summed E-state index contributed by atoms with van der Waals surface area (Å²) in [7, 11) is -1.84. The second-order valence-electron chi connectivity index (χ2n) is 7.17. The lowest BCUT2D eigenvalue weighted by atomic mass is 10.2. The smallest absolute Gasteiger partial charge is 0.175 e. The van der Waals surface area contributed by atoms with Crippen molar-refractivity contribution in [3.8, 4) is 5.75 Å². The van der Waals surface area contributed by atoms with Gasteiger partial charge in [-0.15, -0.1) is 0 Å². The molecule has 0 spiro atoms. The van der Waals surface area contributed by atoms with Crippen LogP contribution in [-0.4, -0.2) is 36.7 Å². The molecule has 0 atom stereocenters. The van der Waals surface area contributed by atoms with Crippen LogP contribution in [0.15, 0.2) is 47.5 Å². The van der Waals surface area contributed by atoms with E-state index in [1.807, 2.05) is 29.1 Å². The summed E-state index contributed by atoms with van der Waals surface area (Å²) in [6.45, 7) is 5.12. The zero-order valence-electron chi connectivity index (χ0n) is 16.8. The van der Waals surface area contributed by atoms with Gasteiger partial charge in [0.2, 0.25) is 0 Å². The topological polar surface area (TPSA) is 85.2 Å². The zero-order chi connectivity index (χ0) is 21.2. The van der Waals surface area contributed by atoms with Crippen molar-refractivity contribution in [3.05, 3.63) is 42.6 Å². The molecule has 3 rings (SSSR count). The summed E-state index contributed by atoms with van der Waals surface area (Å²) >= 11 is 5.45. The molecule has 29 heavy (non-hydrogen) atoms. The molecule has 0 amide bonds. The van der Waals surface area contributed by atoms with E-state index >= 15 is 0 Å². The van der Waals surface area contributed by atoms with Crippen LogP contribution >= 0.6 is 12.2 Å². The molecule has 3 aromatic rings. The number of ether oxygens (including phenoxy) is 1. The Kier molecular flexibility index (Phi) is 6.09. The maximum atomic E-state index is 11.9.